The van der Waals surface area contributed by atoms with Crippen LogP contribution >= 0.6 is 11.6 Å². The van der Waals surface area contributed by atoms with E-state index in [2.05, 4.69) is 10.3 Å². The van der Waals surface area contributed by atoms with E-state index in [9.17, 15) is 14.0 Å². The van der Waals surface area contributed by atoms with E-state index in [1.165, 1.54) is 30.5 Å². The third-order valence-electron chi connectivity index (χ3n) is 2.78. The van der Waals surface area contributed by atoms with Gasteiger partial charge in [-0.15, -0.1) is 0 Å². The second-order valence-electron chi connectivity index (χ2n) is 4.32. The third kappa shape index (κ3) is 4.36. The van der Waals surface area contributed by atoms with Crippen molar-refractivity contribution in [1.82, 2.24) is 4.98 Å². The average Bonchev–Trinajstić information content (AvgIpc) is 2.48. The van der Waals surface area contributed by atoms with Crippen molar-refractivity contribution in [1.29, 1.82) is 0 Å². The molecule has 0 aliphatic heterocycles. The summed E-state index contributed by atoms with van der Waals surface area (Å²) in [4.78, 5) is 27.4. The van der Waals surface area contributed by atoms with Gasteiger partial charge in [0.1, 0.15) is 5.82 Å². The van der Waals surface area contributed by atoms with Crippen LogP contribution in [0.1, 0.15) is 23.2 Å². The van der Waals surface area contributed by atoms with Gasteiger partial charge in [0, 0.05) is 24.6 Å². The molecule has 0 atom stereocenters. The first-order valence-corrected chi connectivity index (χ1v) is 6.63. The van der Waals surface area contributed by atoms with Gasteiger partial charge in [-0.25, -0.2) is 9.37 Å². The van der Waals surface area contributed by atoms with E-state index < -0.39 is 5.82 Å². The lowest BCUT2D eigenvalue weighted by Gasteiger charge is -2.06. The van der Waals surface area contributed by atoms with Crippen LogP contribution in [-0.2, 0) is 4.79 Å². The molecule has 2 rings (SSSR count). The number of anilines is 1. The molecule has 0 radical (unpaired) electrons. The molecule has 1 aromatic heterocycles. The quantitative estimate of drug-likeness (QED) is 0.679. The normalized spacial score (nSPS) is 10.2. The van der Waals surface area contributed by atoms with E-state index in [0.29, 0.717) is 11.3 Å². The molecule has 1 heterocycles. The lowest BCUT2D eigenvalue weighted by molar-refractivity contribution is -0.116. The van der Waals surface area contributed by atoms with Crippen LogP contribution in [0.4, 0.5) is 10.1 Å². The van der Waals surface area contributed by atoms with Crippen molar-refractivity contribution in [2.75, 3.05) is 5.32 Å². The van der Waals surface area contributed by atoms with Crippen LogP contribution in [0, 0.1) is 5.82 Å². The summed E-state index contributed by atoms with van der Waals surface area (Å²) in [5.41, 5.74) is 0.780. The molecule has 0 saturated heterocycles. The molecular formula is C15H12ClFN2O2. The number of hydrogen-bond acceptors (Lipinski definition) is 3. The van der Waals surface area contributed by atoms with Crippen molar-refractivity contribution >= 4 is 29.0 Å². The van der Waals surface area contributed by atoms with Crippen molar-refractivity contribution in [2.24, 2.45) is 0 Å². The lowest BCUT2D eigenvalue weighted by atomic mass is 10.1. The Morgan fingerprint density at radius 2 is 1.86 bits per heavy atom. The largest absolute Gasteiger partial charge is 0.323 e. The smallest absolute Gasteiger partial charge is 0.224 e. The molecule has 0 unspecified atom stereocenters. The molecule has 1 amide bonds. The molecule has 1 N–H and O–H groups in total. The summed E-state index contributed by atoms with van der Waals surface area (Å²) in [5.74, 6) is -0.960. The Balaban J connectivity index is 1.88. The van der Waals surface area contributed by atoms with Crippen molar-refractivity contribution < 1.29 is 14.0 Å². The highest BCUT2D eigenvalue weighted by Gasteiger charge is 2.11. The molecule has 1 aromatic carbocycles. The molecule has 108 valence electrons. The van der Waals surface area contributed by atoms with E-state index in [0.717, 1.165) is 0 Å². The van der Waals surface area contributed by atoms with Gasteiger partial charge in [-0.05, 0) is 36.4 Å². The molecule has 2 aromatic rings. The van der Waals surface area contributed by atoms with E-state index in [1.54, 1.807) is 12.1 Å². The van der Waals surface area contributed by atoms with Crippen LogP contribution in [0.2, 0.25) is 5.15 Å². The molecule has 0 fully saturated rings. The zero-order valence-electron chi connectivity index (χ0n) is 11.0. The fourth-order valence-electron chi connectivity index (χ4n) is 1.70. The monoisotopic (exact) mass is 306 g/mol. The molecule has 6 heteroatoms. The topological polar surface area (TPSA) is 59.1 Å². The number of halogens is 2. The summed E-state index contributed by atoms with van der Waals surface area (Å²) < 4.78 is 12.8. The first-order chi connectivity index (χ1) is 10.1. The van der Waals surface area contributed by atoms with Crippen LogP contribution in [0.25, 0.3) is 0 Å². The Hall–Kier alpha value is -2.27. The molecule has 0 saturated carbocycles. The van der Waals surface area contributed by atoms with Gasteiger partial charge in [-0.3, -0.25) is 9.59 Å². The number of carbonyl (C=O) groups excluding carboxylic acids is 2. The third-order valence-corrected chi connectivity index (χ3v) is 3.08. The Kier molecular flexibility index (Phi) is 5.00. The summed E-state index contributed by atoms with van der Waals surface area (Å²) in [5, 5.41) is 2.77. The number of nitrogens with zero attached hydrogens (tertiary/aromatic N) is 1. The number of hydrogen-bond donors (Lipinski definition) is 1. The van der Waals surface area contributed by atoms with Gasteiger partial charge in [0.2, 0.25) is 5.91 Å². The Labute approximate surface area is 126 Å². The molecule has 0 aliphatic carbocycles. The number of carbonyl (C=O) groups is 2. The number of ketones is 1. The number of Topliss-reactive ketones (excluding diaryl/α,β-unsaturated/α-hetero) is 1. The van der Waals surface area contributed by atoms with Crippen LogP contribution in [0.3, 0.4) is 0 Å². The average molecular weight is 307 g/mol. The maximum atomic E-state index is 12.8. The van der Waals surface area contributed by atoms with Gasteiger partial charge in [-0.2, -0.15) is 0 Å². The Morgan fingerprint density at radius 3 is 2.52 bits per heavy atom. The van der Waals surface area contributed by atoms with Crippen LogP contribution in [-0.4, -0.2) is 16.7 Å². The minimum atomic E-state index is -0.407. The molecule has 0 bridgehead atoms. The maximum Gasteiger partial charge on any atom is 0.224 e. The Bertz CT molecular complexity index is 659. The number of pyridine rings is 1. The van der Waals surface area contributed by atoms with Gasteiger partial charge < -0.3 is 5.32 Å². The molecule has 0 spiro atoms. The highest BCUT2D eigenvalue weighted by molar-refractivity contribution is 6.32. The minimum absolute atomic E-state index is 0.0153. The fraction of sp³-hybridized carbons (Fsp3) is 0.133. The second-order valence-corrected chi connectivity index (χ2v) is 4.68. The van der Waals surface area contributed by atoms with Crippen LogP contribution in [0.15, 0.2) is 42.6 Å². The first kappa shape index (κ1) is 15.1. The number of amides is 1. The predicted octanol–water partition coefficient (Wildman–Crippen LogP) is 3.48. The van der Waals surface area contributed by atoms with E-state index in [1.807, 2.05) is 0 Å². The predicted molar refractivity (Wildman–Crippen MR) is 77.8 cm³/mol. The number of benzene rings is 1. The first-order valence-electron chi connectivity index (χ1n) is 6.25. The van der Waals surface area contributed by atoms with Crippen molar-refractivity contribution in [2.45, 2.75) is 12.8 Å². The molecule has 0 aliphatic rings. The van der Waals surface area contributed by atoms with Gasteiger partial charge in [-0.1, -0.05) is 11.6 Å². The van der Waals surface area contributed by atoms with Crippen molar-refractivity contribution in [3.63, 3.8) is 0 Å². The molecular weight excluding hydrogens is 295 g/mol. The van der Waals surface area contributed by atoms with E-state index in [-0.39, 0.29) is 29.7 Å². The van der Waals surface area contributed by atoms with Gasteiger partial charge >= 0.3 is 0 Å². The minimum Gasteiger partial charge on any atom is -0.323 e. The van der Waals surface area contributed by atoms with Crippen LogP contribution < -0.4 is 5.32 Å². The highest BCUT2D eigenvalue weighted by atomic mass is 35.5. The van der Waals surface area contributed by atoms with Crippen molar-refractivity contribution in [3.05, 3.63) is 59.1 Å². The Morgan fingerprint density at radius 1 is 1.14 bits per heavy atom. The highest BCUT2D eigenvalue weighted by Crippen LogP contribution is 2.18. The van der Waals surface area contributed by atoms with Gasteiger partial charge in [0.25, 0.3) is 0 Å². The SMILES string of the molecule is O=C(CCC(=O)c1ccc(F)cc1)Nc1cccnc1Cl. The van der Waals surface area contributed by atoms with E-state index >= 15 is 0 Å². The number of nitrogens with one attached hydrogen (secondary N) is 1. The fourth-order valence-corrected chi connectivity index (χ4v) is 1.87. The molecule has 21 heavy (non-hydrogen) atoms. The lowest BCUT2D eigenvalue weighted by Crippen LogP contribution is -2.14. The summed E-state index contributed by atoms with van der Waals surface area (Å²) in [6, 6.07) is 8.48. The summed E-state index contributed by atoms with van der Waals surface area (Å²) in [7, 11) is 0. The molecule has 4 nitrogen and oxygen atoms in total. The van der Waals surface area contributed by atoms with Gasteiger partial charge in [0.05, 0.1) is 5.69 Å². The summed E-state index contributed by atoms with van der Waals surface area (Å²) >= 11 is 5.81. The maximum absolute atomic E-state index is 12.8. The summed E-state index contributed by atoms with van der Waals surface area (Å²) in [6.45, 7) is 0. The van der Waals surface area contributed by atoms with Crippen molar-refractivity contribution in [3.8, 4) is 0 Å². The zero-order valence-corrected chi connectivity index (χ0v) is 11.7. The number of aromatic nitrogens is 1. The van der Waals surface area contributed by atoms with E-state index in [4.69, 9.17) is 11.6 Å². The van der Waals surface area contributed by atoms with Gasteiger partial charge in [0.15, 0.2) is 10.9 Å². The zero-order chi connectivity index (χ0) is 15.2. The second kappa shape index (κ2) is 6.95. The summed E-state index contributed by atoms with van der Waals surface area (Å²) in [6.07, 6.45) is 1.56. The van der Waals surface area contributed by atoms with Crippen LogP contribution in [0.5, 0.6) is 0 Å². The number of rotatable bonds is 5. The standard InChI is InChI=1S/C15H12ClFN2O2/c16-15-12(2-1-9-18-15)19-14(21)8-7-13(20)10-3-5-11(17)6-4-10/h1-6,9H,7-8H2,(H,19,21).